The second-order valence-electron chi connectivity index (χ2n) is 8.54. The summed E-state index contributed by atoms with van der Waals surface area (Å²) in [5, 5.41) is 7.42. The maximum absolute atomic E-state index is 6.62. The SMILES string of the molecule is c1ccc(-n2c3ccccc3c3c4oc5ccc6c7ccccc7sc6c5c4ccc32)cc1. The Hall–Kier alpha value is -4.08. The van der Waals surface area contributed by atoms with Crippen molar-refractivity contribution >= 4 is 75.3 Å². The molecule has 154 valence electrons. The Bertz CT molecular complexity index is 2020. The van der Waals surface area contributed by atoms with Crippen LogP contribution in [-0.2, 0) is 0 Å². The van der Waals surface area contributed by atoms with Crippen molar-refractivity contribution in [3.63, 3.8) is 0 Å². The Morgan fingerprint density at radius 1 is 0.545 bits per heavy atom. The normalized spacial score (nSPS) is 12.2. The lowest BCUT2D eigenvalue weighted by Gasteiger charge is -2.07. The summed E-state index contributed by atoms with van der Waals surface area (Å²) in [5.41, 5.74) is 5.44. The molecule has 33 heavy (non-hydrogen) atoms. The number of benzene rings is 5. The molecule has 0 unspecified atom stereocenters. The number of hydrogen-bond donors (Lipinski definition) is 0. The maximum Gasteiger partial charge on any atom is 0.145 e. The van der Waals surface area contributed by atoms with Gasteiger partial charge in [-0.15, -0.1) is 11.3 Å². The van der Waals surface area contributed by atoms with Gasteiger partial charge < -0.3 is 8.98 Å². The van der Waals surface area contributed by atoms with Crippen molar-refractivity contribution < 1.29 is 4.42 Å². The van der Waals surface area contributed by atoms with Gasteiger partial charge in [0.15, 0.2) is 0 Å². The van der Waals surface area contributed by atoms with E-state index in [0.717, 1.165) is 16.9 Å². The van der Waals surface area contributed by atoms with Crippen LogP contribution in [0.4, 0.5) is 0 Å². The molecule has 0 spiro atoms. The van der Waals surface area contributed by atoms with Crippen molar-refractivity contribution in [2.45, 2.75) is 0 Å². The maximum atomic E-state index is 6.62. The molecule has 2 nitrogen and oxygen atoms in total. The smallest absolute Gasteiger partial charge is 0.145 e. The molecule has 5 aromatic carbocycles. The second kappa shape index (κ2) is 6.25. The van der Waals surface area contributed by atoms with E-state index in [2.05, 4.69) is 108 Å². The van der Waals surface area contributed by atoms with Gasteiger partial charge in [-0.25, -0.2) is 0 Å². The van der Waals surface area contributed by atoms with E-state index in [9.17, 15) is 0 Å². The van der Waals surface area contributed by atoms with Gasteiger partial charge in [-0.3, -0.25) is 0 Å². The van der Waals surface area contributed by atoms with Crippen LogP contribution in [0.3, 0.4) is 0 Å². The standard InChI is InChI=1S/C30H17NOS/c1-2-8-18(9-3-1)31-23-12-6-4-11-21(23)27-24(31)16-14-22-28-25(32-29(22)27)17-15-20-19-10-5-7-13-26(19)33-30(20)28/h1-17H. The molecule has 8 rings (SSSR count). The third-order valence-corrected chi connectivity index (χ3v) is 8.00. The van der Waals surface area contributed by atoms with E-state index < -0.39 is 0 Å². The largest absolute Gasteiger partial charge is 0.455 e. The predicted octanol–water partition coefficient (Wildman–Crippen LogP) is 9.05. The zero-order valence-corrected chi connectivity index (χ0v) is 18.4. The van der Waals surface area contributed by atoms with Crippen molar-refractivity contribution in [2.24, 2.45) is 0 Å². The van der Waals surface area contributed by atoms with E-state index in [-0.39, 0.29) is 0 Å². The van der Waals surface area contributed by atoms with Crippen molar-refractivity contribution in [3.8, 4) is 5.69 Å². The van der Waals surface area contributed by atoms with Gasteiger partial charge in [-0.05, 0) is 48.5 Å². The lowest BCUT2D eigenvalue weighted by Crippen LogP contribution is -1.92. The summed E-state index contributed by atoms with van der Waals surface area (Å²) in [5.74, 6) is 0. The summed E-state index contributed by atoms with van der Waals surface area (Å²) < 4.78 is 11.6. The van der Waals surface area contributed by atoms with Gasteiger partial charge in [0.05, 0.1) is 16.4 Å². The van der Waals surface area contributed by atoms with Crippen LogP contribution in [0.2, 0.25) is 0 Å². The zero-order chi connectivity index (χ0) is 21.5. The lowest BCUT2D eigenvalue weighted by molar-refractivity contribution is 0.673. The first kappa shape index (κ1) is 17.5. The van der Waals surface area contributed by atoms with E-state index in [0.29, 0.717) is 0 Å². The van der Waals surface area contributed by atoms with Crippen molar-refractivity contribution in [1.82, 2.24) is 4.57 Å². The molecule has 0 amide bonds. The number of furan rings is 1. The average molecular weight is 440 g/mol. The Labute approximate surface area is 192 Å². The number of rotatable bonds is 1. The van der Waals surface area contributed by atoms with E-state index in [1.807, 2.05) is 11.3 Å². The summed E-state index contributed by atoms with van der Waals surface area (Å²) in [4.78, 5) is 0. The summed E-state index contributed by atoms with van der Waals surface area (Å²) in [6.07, 6.45) is 0. The highest BCUT2D eigenvalue weighted by Gasteiger charge is 2.20. The molecule has 3 heterocycles. The quantitative estimate of drug-likeness (QED) is 0.249. The predicted molar refractivity (Wildman–Crippen MR) is 141 cm³/mol. The first-order valence-electron chi connectivity index (χ1n) is 11.1. The van der Waals surface area contributed by atoms with Gasteiger partial charge >= 0.3 is 0 Å². The van der Waals surface area contributed by atoms with E-state index in [1.165, 1.54) is 52.8 Å². The Balaban J connectivity index is 1.59. The minimum Gasteiger partial charge on any atom is -0.455 e. The Morgan fingerprint density at radius 3 is 2.21 bits per heavy atom. The number of aromatic nitrogens is 1. The van der Waals surface area contributed by atoms with Crippen LogP contribution in [0.5, 0.6) is 0 Å². The van der Waals surface area contributed by atoms with E-state index >= 15 is 0 Å². The first-order chi connectivity index (χ1) is 16.4. The fraction of sp³-hybridized carbons (Fsp3) is 0. The Kier molecular flexibility index (Phi) is 3.31. The molecule has 0 aliphatic heterocycles. The molecule has 0 radical (unpaired) electrons. The van der Waals surface area contributed by atoms with Crippen LogP contribution in [0.1, 0.15) is 0 Å². The number of nitrogens with zero attached hydrogens (tertiary/aromatic N) is 1. The number of thiophene rings is 1. The van der Waals surface area contributed by atoms with Gasteiger partial charge in [0.1, 0.15) is 11.2 Å². The van der Waals surface area contributed by atoms with E-state index in [1.54, 1.807) is 0 Å². The second-order valence-corrected chi connectivity index (χ2v) is 9.59. The highest BCUT2D eigenvalue weighted by Crippen LogP contribution is 2.45. The molecule has 0 aliphatic rings. The topological polar surface area (TPSA) is 18.1 Å². The zero-order valence-electron chi connectivity index (χ0n) is 17.6. The highest BCUT2D eigenvalue weighted by molar-refractivity contribution is 7.26. The molecular formula is C30H17NOS. The van der Waals surface area contributed by atoms with Gasteiger partial charge in [0, 0.05) is 42.0 Å². The van der Waals surface area contributed by atoms with Crippen LogP contribution in [0.15, 0.2) is 108 Å². The van der Waals surface area contributed by atoms with Crippen LogP contribution >= 0.6 is 11.3 Å². The van der Waals surface area contributed by atoms with Gasteiger partial charge in [0.2, 0.25) is 0 Å². The Morgan fingerprint density at radius 2 is 1.30 bits per heavy atom. The minimum absolute atomic E-state index is 0.952. The lowest BCUT2D eigenvalue weighted by atomic mass is 10.1. The third kappa shape index (κ3) is 2.22. The minimum atomic E-state index is 0.952. The van der Waals surface area contributed by atoms with E-state index in [4.69, 9.17) is 4.42 Å². The van der Waals surface area contributed by atoms with Gasteiger partial charge in [-0.2, -0.15) is 0 Å². The summed E-state index contributed by atoms with van der Waals surface area (Å²) in [6.45, 7) is 0. The van der Waals surface area contributed by atoms with Crippen molar-refractivity contribution in [1.29, 1.82) is 0 Å². The third-order valence-electron chi connectivity index (χ3n) is 6.80. The molecule has 0 bridgehead atoms. The molecule has 0 saturated heterocycles. The fourth-order valence-electron chi connectivity index (χ4n) is 5.41. The monoisotopic (exact) mass is 439 g/mol. The average Bonchev–Trinajstić information content (AvgIpc) is 3.53. The van der Waals surface area contributed by atoms with Gasteiger partial charge in [0.25, 0.3) is 0 Å². The van der Waals surface area contributed by atoms with Crippen LogP contribution in [-0.4, -0.2) is 4.57 Å². The number of para-hydroxylation sites is 2. The highest BCUT2D eigenvalue weighted by atomic mass is 32.1. The molecule has 3 aromatic heterocycles. The number of fused-ring (bicyclic) bond motifs is 11. The van der Waals surface area contributed by atoms with Crippen molar-refractivity contribution in [2.75, 3.05) is 0 Å². The molecule has 0 atom stereocenters. The van der Waals surface area contributed by atoms with Crippen LogP contribution in [0.25, 0.3) is 69.6 Å². The molecule has 8 aromatic rings. The molecule has 0 saturated carbocycles. The molecule has 3 heteroatoms. The molecule has 0 aliphatic carbocycles. The number of hydrogen-bond acceptors (Lipinski definition) is 2. The molecule has 0 fully saturated rings. The van der Waals surface area contributed by atoms with Crippen LogP contribution in [0, 0.1) is 0 Å². The summed E-state index contributed by atoms with van der Waals surface area (Å²) >= 11 is 1.86. The van der Waals surface area contributed by atoms with Crippen LogP contribution < -0.4 is 0 Å². The van der Waals surface area contributed by atoms with Crippen molar-refractivity contribution in [3.05, 3.63) is 103 Å². The first-order valence-corrected chi connectivity index (χ1v) is 11.9. The summed E-state index contributed by atoms with van der Waals surface area (Å²) in [7, 11) is 0. The summed E-state index contributed by atoms with van der Waals surface area (Å²) in [6, 6.07) is 36.7. The molecular weight excluding hydrogens is 422 g/mol. The van der Waals surface area contributed by atoms with Gasteiger partial charge in [-0.1, -0.05) is 54.6 Å². The fourth-order valence-corrected chi connectivity index (χ4v) is 6.66. The molecule has 0 N–H and O–H groups in total.